The molecular weight excluding hydrogens is 312 g/mol. The maximum absolute atomic E-state index is 12.2. The van der Waals surface area contributed by atoms with Gasteiger partial charge in [0.05, 0.1) is 11.1 Å². The molecule has 1 aromatic heterocycles. The van der Waals surface area contributed by atoms with Gasteiger partial charge in [0.15, 0.2) is 0 Å². The van der Waals surface area contributed by atoms with E-state index in [-0.39, 0.29) is 17.5 Å². The first-order valence-corrected chi connectivity index (χ1v) is 7.74. The fourth-order valence-electron chi connectivity index (χ4n) is 3.01. The first-order chi connectivity index (χ1) is 11.6. The van der Waals surface area contributed by atoms with Crippen LogP contribution in [0.2, 0.25) is 0 Å². The van der Waals surface area contributed by atoms with Gasteiger partial charge < -0.3 is 9.40 Å². The Bertz CT molecular complexity index is 823. The van der Waals surface area contributed by atoms with Crippen LogP contribution in [-0.2, 0) is 29.0 Å². The number of amides is 2. The maximum atomic E-state index is 12.2. The Morgan fingerprint density at radius 3 is 2.50 bits per heavy atom. The first-order valence-electron chi connectivity index (χ1n) is 7.74. The summed E-state index contributed by atoms with van der Waals surface area (Å²) < 4.78 is 1.90. The minimum Gasteiger partial charge on any atom is -0.329 e. The number of benzene rings is 1. The largest absolute Gasteiger partial charge is 0.340 e. The van der Waals surface area contributed by atoms with Crippen LogP contribution in [0.3, 0.4) is 0 Å². The number of carbonyl (C=O) groups excluding carboxylic acids is 3. The highest BCUT2D eigenvalue weighted by molar-refractivity contribution is 6.20. The van der Waals surface area contributed by atoms with E-state index in [0.29, 0.717) is 10.9 Å². The van der Waals surface area contributed by atoms with Crippen molar-refractivity contribution in [2.24, 2.45) is 0 Å². The third kappa shape index (κ3) is 2.27. The lowest BCUT2D eigenvalue weighted by Gasteiger charge is -2.15. The molecule has 4 rings (SSSR count). The molecule has 2 aromatic rings. The lowest BCUT2D eigenvalue weighted by Crippen LogP contribution is -2.33. The van der Waals surface area contributed by atoms with Gasteiger partial charge in [-0.05, 0) is 25.0 Å². The molecular formula is C16H14N4O4. The highest BCUT2D eigenvalue weighted by Gasteiger charge is 2.38. The van der Waals surface area contributed by atoms with Gasteiger partial charge in [0, 0.05) is 13.0 Å². The van der Waals surface area contributed by atoms with E-state index in [9.17, 15) is 14.4 Å². The molecule has 8 heteroatoms. The zero-order valence-corrected chi connectivity index (χ0v) is 12.8. The summed E-state index contributed by atoms with van der Waals surface area (Å²) in [5.41, 5.74) is 0.463. The summed E-state index contributed by atoms with van der Waals surface area (Å²) in [7, 11) is 0. The lowest BCUT2D eigenvalue weighted by molar-refractivity contribution is -0.167. The molecule has 0 fully saturated rings. The molecule has 0 bridgehead atoms. The van der Waals surface area contributed by atoms with Crippen LogP contribution in [0.1, 0.15) is 45.2 Å². The standard InChI is InChI=1S/C16H14N4O4/c21-14(9-13-18-17-12-7-3-4-8-19(12)13)24-20-15(22)10-5-1-2-6-11(10)16(20)23/h1-2,5-6H,3-4,7-9H2. The minimum atomic E-state index is -0.717. The van der Waals surface area contributed by atoms with Crippen molar-refractivity contribution < 1.29 is 19.2 Å². The van der Waals surface area contributed by atoms with Crippen LogP contribution < -0.4 is 0 Å². The van der Waals surface area contributed by atoms with E-state index >= 15 is 0 Å². The Labute approximate surface area is 137 Å². The number of rotatable bonds is 3. The van der Waals surface area contributed by atoms with Crippen LogP contribution in [0.25, 0.3) is 0 Å². The summed E-state index contributed by atoms with van der Waals surface area (Å²) in [4.78, 5) is 41.5. The van der Waals surface area contributed by atoms with E-state index in [2.05, 4.69) is 10.2 Å². The normalized spacial score (nSPS) is 16.1. The van der Waals surface area contributed by atoms with Crippen LogP contribution in [-0.4, -0.2) is 37.6 Å². The van der Waals surface area contributed by atoms with Crippen LogP contribution >= 0.6 is 0 Å². The van der Waals surface area contributed by atoms with Gasteiger partial charge >= 0.3 is 5.97 Å². The molecule has 122 valence electrons. The Morgan fingerprint density at radius 2 is 1.79 bits per heavy atom. The zero-order valence-electron chi connectivity index (χ0n) is 12.8. The molecule has 2 aliphatic heterocycles. The van der Waals surface area contributed by atoms with Crippen molar-refractivity contribution in [1.29, 1.82) is 0 Å². The summed E-state index contributed by atoms with van der Waals surface area (Å²) in [6.45, 7) is 0.762. The van der Waals surface area contributed by atoms with Crippen molar-refractivity contribution >= 4 is 17.8 Å². The van der Waals surface area contributed by atoms with Crippen LogP contribution in [0, 0.1) is 0 Å². The maximum Gasteiger partial charge on any atom is 0.340 e. The highest BCUT2D eigenvalue weighted by Crippen LogP contribution is 2.23. The van der Waals surface area contributed by atoms with E-state index in [4.69, 9.17) is 4.84 Å². The van der Waals surface area contributed by atoms with Crippen LogP contribution in [0.15, 0.2) is 24.3 Å². The van der Waals surface area contributed by atoms with Gasteiger partial charge in [-0.2, -0.15) is 0 Å². The molecule has 2 aliphatic rings. The average Bonchev–Trinajstić information content (AvgIpc) is 3.11. The third-order valence-corrected chi connectivity index (χ3v) is 4.19. The predicted octanol–water partition coefficient (Wildman–Crippen LogP) is 0.911. The summed E-state index contributed by atoms with van der Waals surface area (Å²) in [5, 5.41) is 8.59. The number of hydrogen-bond donors (Lipinski definition) is 0. The van der Waals surface area contributed by atoms with Gasteiger partial charge in [0.1, 0.15) is 18.1 Å². The Balaban J connectivity index is 1.49. The summed E-state index contributed by atoms with van der Waals surface area (Å²) in [6.07, 6.45) is 2.75. The molecule has 3 heterocycles. The van der Waals surface area contributed by atoms with Gasteiger partial charge in [-0.1, -0.05) is 17.2 Å². The second kappa shape index (κ2) is 5.55. The molecule has 0 spiro atoms. The van der Waals surface area contributed by atoms with Crippen molar-refractivity contribution in [3.8, 4) is 0 Å². The summed E-state index contributed by atoms with van der Waals surface area (Å²) in [6, 6.07) is 6.35. The van der Waals surface area contributed by atoms with Gasteiger partial charge in [-0.3, -0.25) is 9.59 Å². The fourth-order valence-corrected chi connectivity index (χ4v) is 3.01. The SMILES string of the molecule is O=C(Cc1nnc2n1CCCC2)ON1C(=O)c2ccccc2C1=O. The molecule has 2 amide bonds. The van der Waals surface area contributed by atoms with Gasteiger partial charge in [0.2, 0.25) is 0 Å². The molecule has 0 saturated heterocycles. The topological polar surface area (TPSA) is 94.4 Å². The highest BCUT2D eigenvalue weighted by atomic mass is 16.7. The van der Waals surface area contributed by atoms with Crippen LogP contribution in [0.4, 0.5) is 0 Å². The molecule has 0 radical (unpaired) electrons. The minimum absolute atomic E-state index is 0.138. The van der Waals surface area contributed by atoms with Gasteiger partial charge in [0.25, 0.3) is 11.8 Å². The van der Waals surface area contributed by atoms with E-state index < -0.39 is 17.8 Å². The molecule has 1 aromatic carbocycles. The average molecular weight is 326 g/mol. The zero-order chi connectivity index (χ0) is 16.7. The molecule has 0 aliphatic carbocycles. The van der Waals surface area contributed by atoms with E-state index in [1.807, 2.05) is 4.57 Å². The number of aromatic nitrogens is 3. The van der Waals surface area contributed by atoms with Crippen molar-refractivity contribution in [3.05, 3.63) is 47.0 Å². The van der Waals surface area contributed by atoms with Crippen molar-refractivity contribution in [1.82, 2.24) is 19.8 Å². The second-order valence-corrected chi connectivity index (χ2v) is 5.73. The Kier molecular flexibility index (Phi) is 3.37. The monoisotopic (exact) mass is 326 g/mol. The number of hydroxylamine groups is 2. The molecule has 0 saturated carbocycles. The van der Waals surface area contributed by atoms with Gasteiger partial charge in [-0.25, -0.2) is 4.79 Å². The second-order valence-electron chi connectivity index (χ2n) is 5.73. The number of hydrogen-bond acceptors (Lipinski definition) is 6. The van der Waals surface area contributed by atoms with Crippen LogP contribution in [0.5, 0.6) is 0 Å². The van der Waals surface area contributed by atoms with Gasteiger partial charge in [-0.15, -0.1) is 10.2 Å². The van der Waals surface area contributed by atoms with Crippen molar-refractivity contribution in [2.45, 2.75) is 32.2 Å². The number of imide groups is 1. The molecule has 0 atom stereocenters. The molecule has 8 nitrogen and oxygen atoms in total. The number of aryl methyl sites for hydroxylation is 1. The molecule has 24 heavy (non-hydrogen) atoms. The number of carbonyl (C=O) groups is 3. The number of fused-ring (bicyclic) bond motifs is 2. The van der Waals surface area contributed by atoms with Crippen molar-refractivity contribution in [3.63, 3.8) is 0 Å². The van der Waals surface area contributed by atoms with E-state index in [1.54, 1.807) is 12.1 Å². The smallest absolute Gasteiger partial charge is 0.329 e. The Hall–Kier alpha value is -3.03. The number of nitrogens with zero attached hydrogens (tertiary/aromatic N) is 4. The Morgan fingerprint density at radius 1 is 1.08 bits per heavy atom. The summed E-state index contributed by atoms with van der Waals surface area (Å²) >= 11 is 0. The molecule has 0 unspecified atom stereocenters. The van der Waals surface area contributed by atoms with E-state index in [1.165, 1.54) is 12.1 Å². The first kappa shape index (κ1) is 14.6. The fraction of sp³-hybridized carbons (Fsp3) is 0.312. The molecule has 0 N–H and O–H groups in total. The van der Waals surface area contributed by atoms with E-state index in [0.717, 1.165) is 31.6 Å². The lowest BCUT2D eigenvalue weighted by atomic mass is 10.1. The summed E-state index contributed by atoms with van der Waals surface area (Å²) in [5.74, 6) is -0.638. The third-order valence-electron chi connectivity index (χ3n) is 4.19. The quantitative estimate of drug-likeness (QED) is 0.778. The van der Waals surface area contributed by atoms with Crippen molar-refractivity contribution in [2.75, 3.05) is 0 Å². The predicted molar refractivity (Wildman–Crippen MR) is 79.7 cm³/mol.